The van der Waals surface area contributed by atoms with E-state index in [-0.39, 0.29) is 0 Å². The van der Waals surface area contributed by atoms with Gasteiger partial charge in [-0.2, -0.15) is 0 Å². The highest BCUT2D eigenvalue weighted by molar-refractivity contribution is 7.88. The summed E-state index contributed by atoms with van der Waals surface area (Å²) < 4.78 is 26.8. The Labute approximate surface area is 160 Å². The fourth-order valence-corrected chi connectivity index (χ4v) is 3.55. The van der Waals surface area contributed by atoms with Gasteiger partial charge in [-0.05, 0) is 30.7 Å². The molecule has 7 heteroatoms. The summed E-state index contributed by atoms with van der Waals surface area (Å²) in [6, 6.07) is 18.6. The molecule has 0 saturated heterocycles. The van der Waals surface area contributed by atoms with Gasteiger partial charge in [-0.1, -0.05) is 42.5 Å². The molecule has 0 atom stereocenters. The molecule has 1 aromatic heterocycles. The second kappa shape index (κ2) is 9.12. The molecule has 1 heterocycles. The minimum atomic E-state index is -3.11. The van der Waals surface area contributed by atoms with Crippen molar-refractivity contribution in [2.75, 3.05) is 25.9 Å². The fourth-order valence-electron chi connectivity index (χ4n) is 3.08. The van der Waals surface area contributed by atoms with Crippen molar-refractivity contribution < 1.29 is 8.42 Å². The molecule has 0 aliphatic rings. The van der Waals surface area contributed by atoms with Crippen molar-refractivity contribution in [2.24, 2.45) is 0 Å². The molecule has 0 unspecified atom stereocenters. The maximum absolute atomic E-state index is 11.0. The quantitative estimate of drug-likeness (QED) is 0.524. The van der Waals surface area contributed by atoms with E-state index in [1.807, 2.05) is 18.2 Å². The molecule has 0 aliphatic heterocycles. The maximum Gasteiger partial charge on any atom is 0.208 e. The molecule has 0 saturated carbocycles. The van der Waals surface area contributed by atoms with E-state index in [1.54, 1.807) is 0 Å². The Kier molecular flexibility index (Phi) is 6.60. The molecule has 2 aromatic carbocycles. The number of aryl methyl sites for hydroxylation is 1. The minimum Gasteiger partial charge on any atom is -0.323 e. The lowest BCUT2D eigenvalue weighted by Crippen LogP contribution is -2.31. The summed E-state index contributed by atoms with van der Waals surface area (Å²) in [7, 11) is -3.11. The fraction of sp³-hybridized carbons (Fsp3) is 0.350. The van der Waals surface area contributed by atoms with Crippen LogP contribution in [0.2, 0.25) is 0 Å². The van der Waals surface area contributed by atoms with Crippen LogP contribution < -0.4 is 10.0 Å². The van der Waals surface area contributed by atoms with E-state index in [9.17, 15) is 8.42 Å². The summed E-state index contributed by atoms with van der Waals surface area (Å²) in [6.07, 6.45) is 2.98. The van der Waals surface area contributed by atoms with E-state index >= 15 is 0 Å². The zero-order valence-corrected chi connectivity index (χ0v) is 16.4. The normalized spacial score (nSPS) is 11.9. The number of fused-ring (bicyclic) bond motifs is 1. The van der Waals surface area contributed by atoms with Crippen LogP contribution in [0.25, 0.3) is 11.0 Å². The Morgan fingerprint density at radius 2 is 1.70 bits per heavy atom. The number of aromatic nitrogens is 2. The van der Waals surface area contributed by atoms with Crippen LogP contribution in [0.1, 0.15) is 17.8 Å². The number of sulfonamides is 1. The topological polar surface area (TPSA) is 76.0 Å². The minimum absolute atomic E-state index is 0.408. The first-order valence-electron chi connectivity index (χ1n) is 9.16. The lowest BCUT2D eigenvalue weighted by Gasteiger charge is -2.10. The number of hydrogen-bond donors (Lipinski definition) is 2. The van der Waals surface area contributed by atoms with Crippen LogP contribution >= 0.6 is 0 Å². The molecule has 6 nitrogen and oxygen atoms in total. The summed E-state index contributed by atoms with van der Waals surface area (Å²) in [5.74, 6) is 1.08. The third kappa shape index (κ3) is 5.89. The van der Waals surface area contributed by atoms with E-state index in [0.29, 0.717) is 13.1 Å². The van der Waals surface area contributed by atoms with Gasteiger partial charge in [0.2, 0.25) is 10.0 Å². The number of benzene rings is 2. The molecule has 0 aliphatic carbocycles. The van der Waals surface area contributed by atoms with E-state index in [2.05, 4.69) is 51.0 Å². The molecular weight excluding hydrogens is 360 g/mol. The first-order chi connectivity index (χ1) is 13.0. The Hall–Kier alpha value is -2.22. The summed E-state index contributed by atoms with van der Waals surface area (Å²) in [5.41, 5.74) is 3.43. The van der Waals surface area contributed by atoms with Crippen LogP contribution in [-0.4, -0.2) is 43.9 Å². The summed E-state index contributed by atoms with van der Waals surface area (Å²) in [4.78, 5) is 4.82. The van der Waals surface area contributed by atoms with Gasteiger partial charge < -0.3 is 9.88 Å². The van der Waals surface area contributed by atoms with Gasteiger partial charge in [0, 0.05) is 26.1 Å². The van der Waals surface area contributed by atoms with Gasteiger partial charge in [0.15, 0.2) is 0 Å². The zero-order valence-electron chi connectivity index (χ0n) is 15.6. The molecule has 2 N–H and O–H groups in total. The molecule has 0 bridgehead atoms. The SMILES string of the molecule is CS(=O)(=O)NCCNCCCc1nc2ccccc2n1Cc1ccccc1. The van der Waals surface area contributed by atoms with Gasteiger partial charge in [-0.3, -0.25) is 0 Å². The van der Waals surface area contributed by atoms with Crippen LogP contribution in [-0.2, 0) is 23.0 Å². The van der Waals surface area contributed by atoms with Crippen molar-refractivity contribution in [1.29, 1.82) is 0 Å². The lowest BCUT2D eigenvalue weighted by molar-refractivity contribution is 0.577. The Bertz CT molecular complexity index is 968. The van der Waals surface area contributed by atoms with Gasteiger partial charge in [0.05, 0.1) is 17.3 Å². The molecule has 0 amide bonds. The third-order valence-corrected chi connectivity index (χ3v) is 5.07. The molecule has 0 fully saturated rings. The molecular formula is C20H26N4O2S. The largest absolute Gasteiger partial charge is 0.323 e. The summed E-state index contributed by atoms with van der Waals surface area (Å²) in [6.45, 7) is 2.65. The van der Waals surface area contributed by atoms with Crippen molar-refractivity contribution in [3.63, 3.8) is 0 Å². The highest BCUT2D eigenvalue weighted by Gasteiger charge is 2.10. The van der Waals surface area contributed by atoms with Crippen molar-refractivity contribution in [1.82, 2.24) is 19.6 Å². The summed E-state index contributed by atoms with van der Waals surface area (Å²) in [5, 5.41) is 3.27. The average molecular weight is 387 g/mol. The highest BCUT2D eigenvalue weighted by atomic mass is 32.2. The van der Waals surface area contributed by atoms with E-state index in [4.69, 9.17) is 4.98 Å². The number of hydrogen-bond acceptors (Lipinski definition) is 4. The first kappa shape index (κ1) is 19.5. The molecule has 0 spiro atoms. The predicted molar refractivity (Wildman–Crippen MR) is 109 cm³/mol. The molecule has 3 rings (SSSR count). The van der Waals surface area contributed by atoms with Crippen molar-refractivity contribution in [3.05, 3.63) is 66.0 Å². The van der Waals surface area contributed by atoms with Gasteiger partial charge in [-0.15, -0.1) is 0 Å². The highest BCUT2D eigenvalue weighted by Crippen LogP contribution is 2.19. The van der Waals surface area contributed by atoms with Crippen LogP contribution in [0.3, 0.4) is 0 Å². The maximum atomic E-state index is 11.0. The number of nitrogens with zero attached hydrogens (tertiary/aromatic N) is 2. The van der Waals surface area contributed by atoms with Gasteiger partial charge in [-0.25, -0.2) is 18.1 Å². The Balaban J connectivity index is 1.60. The number of rotatable bonds is 10. The van der Waals surface area contributed by atoms with Crippen molar-refractivity contribution in [2.45, 2.75) is 19.4 Å². The van der Waals surface area contributed by atoms with E-state index in [0.717, 1.165) is 42.8 Å². The van der Waals surface area contributed by atoms with Crippen LogP contribution in [0.15, 0.2) is 54.6 Å². The molecule has 0 radical (unpaired) electrons. The number of imidazole rings is 1. The number of para-hydroxylation sites is 2. The van der Waals surface area contributed by atoms with Crippen LogP contribution in [0.4, 0.5) is 0 Å². The second-order valence-electron chi connectivity index (χ2n) is 6.61. The van der Waals surface area contributed by atoms with Gasteiger partial charge in [0.1, 0.15) is 5.82 Å². The predicted octanol–water partition coefficient (Wildman–Crippen LogP) is 2.16. The van der Waals surface area contributed by atoms with Crippen molar-refractivity contribution in [3.8, 4) is 0 Å². The number of nitrogens with one attached hydrogen (secondary N) is 2. The molecule has 3 aromatic rings. The average Bonchev–Trinajstić information content (AvgIpc) is 2.98. The second-order valence-corrected chi connectivity index (χ2v) is 8.44. The van der Waals surface area contributed by atoms with Gasteiger partial charge in [0.25, 0.3) is 0 Å². The monoisotopic (exact) mass is 386 g/mol. The van der Waals surface area contributed by atoms with Gasteiger partial charge >= 0.3 is 0 Å². The van der Waals surface area contributed by atoms with E-state index in [1.165, 1.54) is 11.8 Å². The zero-order chi connectivity index (χ0) is 19.1. The first-order valence-corrected chi connectivity index (χ1v) is 11.1. The summed E-state index contributed by atoms with van der Waals surface area (Å²) >= 11 is 0. The molecule has 27 heavy (non-hydrogen) atoms. The Morgan fingerprint density at radius 1 is 0.963 bits per heavy atom. The Morgan fingerprint density at radius 3 is 2.48 bits per heavy atom. The van der Waals surface area contributed by atoms with Crippen LogP contribution in [0.5, 0.6) is 0 Å². The van der Waals surface area contributed by atoms with E-state index < -0.39 is 10.0 Å². The molecule has 144 valence electrons. The van der Waals surface area contributed by atoms with Crippen LogP contribution in [0, 0.1) is 0 Å². The lowest BCUT2D eigenvalue weighted by atomic mass is 10.2. The standard InChI is InChI=1S/C20H26N4O2S/c1-27(25,26)22-15-14-21-13-7-12-20-23-18-10-5-6-11-19(18)24(20)16-17-8-3-2-4-9-17/h2-6,8-11,21-22H,7,12-16H2,1H3. The van der Waals surface area contributed by atoms with Crippen molar-refractivity contribution >= 4 is 21.1 Å². The third-order valence-electron chi connectivity index (χ3n) is 4.34. The smallest absolute Gasteiger partial charge is 0.208 e.